The van der Waals surface area contributed by atoms with E-state index in [0.717, 1.165) is 35.4 Å². The van der Waals surface area contributed by atoms with E-state index in [9.17, 15) is 4.39 Å². The number of nitrogens with zero attached hydrogens (tertiary/aromatic N) is 1. The Hall–Kier alpha value is -1.55. The van der Waals surface area contributed by atoms with Gasteiger partial charge >= 0.3 is 0 Å². The fraction of sp³-hybridized carbons (Fsp3) is 0.250. The Balaban J connectivity index is 1.59. The topological polar surface area (TPSA) is 12.5 Å². The molecule has 0 saturated heterocycles. The summed E-state index contributed by atoms with van der Waals surface area (Å²) >= 11 is 3.42. The predicted molar refractivity (Wildman–Crippen MR) is 82.0 cm³/mol. The van der Waals surface area contributed by atoms with E-state index in [0.29, 0.717) is 6.61 Å². The lowest BCUT2D eigenvalue weighted by Gasteiger charge is -2.19. The van der Waals surface area contributed by atoms with Crippen LogP contribution in [0.2, 0.25) is 0 Å². The van der Waals surface area contributed by atoms with E-state index in [1.54, 1.807) is 6.07 Å². The molecule has 0 aliphatic carbocycles. The molecule has 2 nitrogen and oxygen atoms in total. The Bertz CT molecular complexity index is 617. The van der Waals surface area contributed by atoms with Crippen LogP contribution in [0.1, 0.15) is 5.56 Å². The Labute approximate surface area is 126 Å². The Morgan fingerprint density at radius 2 is 2.10 bits per heavy atom. The van der Waals surface area contributed by atoms with Gasteiger partial charge < -0.3 is 9.64 Å². The van der Waals surface area contributed by atoms with Crippen molar-refractivity contribution in [2.75, 3.05) is 24.6 Å². The first-order valence-electron chi connectivity index (χ1n) is 6.64. The fourth-order valence-corrected chi connectivity index (χ4v) is 2.86. The molecule has 0 spiro atoms. The molecule has 1 aliphatic heterocycles. The molecule has 0 amide bonds. The highest BCUT2D eigenvalue weighted by molar-refractivity contribution is 9.10. The highest BCUT2D eigenvalue weighted by Gasteiger charge is 2.19. The van der Waals surface area contributed by atoms with Crippen LogP contribution in [-0.2, 0) is 6.42 Å². The monoisotopic (exact) mass is 335 g/mol. The maximum atomic E-state index is 13.3. The van der Waals surface area contributed by atoms with Crippen LogP contribution >= 0.6 is 15.9 Å². The van der Waals surface area contributed by atoms with Gasteiger partial charge in [-0.15, -0.1) is 0 Å². The van der Waals surface area contributed by atoms with Crippen LogP contribution in [0.25, 0.3) is 0 Å². The Morgan fingerprint density at radius 1 is 1.20 bits per heavy atom. The third kappa shape index (κ3) is 2.96. The van der Waals surface area contributed by atoms with Crippen LogP contribution in [0.3, 0.4) is 0 Å². The number of hydrogen-bond acceptors (Lipinski definition) is 2. The summed E-state index contributed by atoms with van der Waals surface area (Å²) in [5.74, 6) is 0.668. The minimum atomic E-state index is -0.177. The Kier molecular flexibility index (Phi) is 3.92. The van der Waals surface area contributed by atoms with Crippen LogP contribution in [0, 0.1) is 5.82 Å². The zero-order valence-electron chi connectivity index (χ0n) is 11.0. The molecule has 104 valence electrons. The van der Waals surface area contributed by atoms with Gasteiger partial charge in [0.2, 0.25) is 0 Å². The van der Waals surface area contributed by atoms with Gasteiger partial charge in [0.25, 0.3) is 0 Å². The van der Waals surface area contributed by atoms with Crippen LogP contribution in [0.15, 0.2) is 46.9 Å². The van der Waals surface area contributed by atoms with E-state index in [1.807, 2.05) is 30.3 Å². The number of rotatable bonds is 4. The van der Waals surface area contributed by atoms with E-state index in [4.69, 9.17) is 4.74 Å². The lowest BCUT2D eigenvalue weighted by molar-refractivity contribution is 0.324. The molecule has 2 aromatic rings. The first-order valence-corrected chi connectivity index (χ1v) is 7.43. The van der Waals surface area contributed by atoms with Crippen molar-refractivity contribution in [1.82, 2.24) is 0 Å². The van der Waals surface area contributed by atoms with Gasteiger partial charge in [0.1, 0.15) is 18.2 Å². The molecule has 0 radical (unpaired) electrons. The summed E-state index contributed by atoms with van der Waals surface area (Å²) in [6.07, 6.45) is 0.979. The highest BCUT2D eigenvalue weighted by Crippen LogP contribution is 2.28. The molecule has 2 aromatic carbocycles. The molecule has 0 unspecified atom stereocenters. The van der Waals surface area contributed by atoms with Gasteiger partial charge in [0.05, 0.1) is 6.54 Å². The first-order chi connectivity index (χ1) is 9.72. The predicted octanol–water partition coefficient (Wildman–Crippen LogP) is 4.03. The lowest BCUT2D eigenvalue weighted by atomic mass is 10.2. The van der Waals surface area contributed by atoms with Gasteiger partial charge in [-0.3, -0.25) is 0 Å². The number of anilines is 1. The molecule has 4 heteroatoms. The third-order valence-corrected chi connectivity index (χ3v) is 3.96. The molecule has 3 rings (SSSR count). The van der Waals surface area contributed by atoms with Crippen molar-refractivity contribution >= 4 is 21.6 Å². The smallest absolute Gasteiger partial charge is 0.125 e. The average Bonchev–Trinajstić information content (AvgIpc) is 2.82. The van der Waals surface area contributed by atoms with E-state index in [-0.39, 0.29) is 5.82 Å². The van der Waals surface area contributed by atoms with Gasteiger partial charge in [-0.25, -0.2) is 4.39 Å². The molecule has 0 N–H and O–H groups in total. The molecule has 0 bridgehead atoms. The number of fused-ring (bicyclic) bond motifs is 1. The van der Waals surface area contributed by atoms with Crippen molar-refractivity contribution in [3.63, 3.8) is 0 Å². The van der Waals surface area contributed by atoms with E-state index >= 15 is 0 Å². The molecule has 0 saturated carbocycles. The van der Waals surface area contributed by atoms with E-state index in [2.05, 4.69) is 20.8 Å². The molecule has 0 atom stereocenters. The second kappa shape index (κ2) is 5.83. The van der Waals surface area contributed by atoms with E-state index < -0.39 is 0 Å². The average molecular weight is 336 g/mol. The minimum Gasteiger partial charge on any atom is -0.492 e. The molecule has 0 aromatic heterocycles. The zero-order valence-corrected chi connectivity index (χ0v) is 12.6. The molecular weight excluding hydrogens is 321 g/mol. The third-order valence-electron chi connectivity index (χ3n) is 3.47. The zero-order chi connectivity index (χ0) is 13.9. The van der Waals surface area contributed by atoms with Crippen LogP contribution in [-0.4, -0.2) is 19.7 Å². The normalized spacial score (nSPS) is 13.4. The molecule has 1 heterocycles. The Morgan fingerprint density at radius 3 is 2.95 bits per heavy atom. The van der Waals surface area contributed by atoms with Crippen LogP contribution < -0.4 is 9.64 Å². The summed E-state index contributed by atoms with van der Waals surface area (Å²) in [5.41, 5.74) is 2.22. The number of benzene rings is 2. The van der Waals surface area contributed by atoms with Gasteiger partial charge in [0.15, 0.2) is 0 Å². The number of hydrogen-bond donors (Lipinski definition) is 0. The van der Waals surface area contributed by atoms with Crippen LogP contribution in [0.4, 0.5) is 10.1 Å². The van der Waals surface area contributed by atoms with Gasteiger partial charge in [0, 0.05) is 16.7 Å². The van der Waals surface area contributed by atoms with Crippen molar-refractivity contribution in [2.24, 2.45) is 0 Å². The first kappa shape index (κ1) is 13.4. The maximum Gasteiger partial charge on any atom is 0.125 e. The van der Waals surface area contributed by atoms with Crippen molar-refractivity contribution < 1.29 is 9.13 Å². The van der Waals surface area contributed by atoms with E-state index in [1.165, 1.54) is 11.6 Å². The summed E-state index contributed by atoms with van der Waals surface area (Å²) in [4.78, 5) is 2.18. The summed E-state index contributed by atoms with van der Waals surface area (Å²) in [5, 5.41) is 0. The standard InChI is InChI=1S/C16H15BrFNO/c17-13-2-1-3-15(10-13)20-9-8-19-7-6-12-4-5-14(18)11-16(12)19/h1-5,10-11H,6-9H2. The van der Waals surface area contributed by atoms with Crippen molar-refractivity contribution in [2.45, 2.75) is 6.42 Å². The molecule has 20 heavy (non-hydrogen) atoms. The van der Waals surface area contributed by atoms with Gasteiger partial charge in [-0.05, 0) is 42.3 Å². The lowest BCUT2D eigenvalue weighted by Crippen LogP contribution is -2.26. The summed E-state index contributed by atoms with van der Waals surface area (Å²) in [6.45, 7) is 2.29. The largest absolute Gasteiger partial charge is 0.492 e. The summed E-state index contributed by atoms with van der Waals surface area (Å²) < 4.78 is 20.0. The number of ether oxygens (including phenoxy) is 1. The molecular formula is C16H15BrFNO. The van der Waals surface area contributed by atoms with Crippen molar-refractivity contribution in [1.29, 1.82) is 0 Å². The minimum absolute atomic E-state index is 0.177. The second-order valence-electron chi connectivity index (χ2n) is 4.82. The van der Waals surface area contributed by atoms with Gasteiger partial charge in [-0.2, -0.15) is 0 Å². The number of halogens is 2. The summed E-state index contributed by atoms with van der Waals surface area (Å²) in [6, 6.07) is 12.8. The SMILES string of the molecule is Fc1ccc2c(c1)N(CCOc1cccc(Br)c1)CC2. The van der Waals surface area contributed by atoms with Gasteiger partial charge in [-0.1, -0.05) is 28.1 Å². The second-order valence-corrected chi connectivity index (χ2v) is 5.73. The van der Waals surface area contributed by atoms with Crippen LogP contribution in [0.5, 0.6) is 5.75 Å². The molecule has 0 fully saturated rings. The maximum absolute atomic E-state index is 13.3. The van der Waals surface area contributed by atoms with Crippen molar-refractivity contribution in [3.05, 3.63) is 58.3 Å². The highest BCUT2D eigenvalue weighted by atomic mass is 79.9. The quantitative estimate of drug-likeness (QED) is 0.836. The molecule has 1 aliphatic rings. The fourth-order valence-electron chi connectivity index (χ4n) is 2.48. The van der Waals surface area contributed by atoms with Crippen molar-refractivity contribution in [3.8, 4) is 5.75 Å². The summed E-state index contributed by atoms with van der Waals surface area (Å²) in [7, 11) is 0.